The zero-order chi connectivity index (χ0) is 89.2. The number of nitrogens with one attached hydrogen (secondary N) is 1. The molecule has 0 saturated carbocycles. The lowest BCUT2D eigenvalue weighted by atomic mass is 9.77. The second-order valence-electron chi connectivity index (χ2n) is 32.6. The fraction of sp³-hybridized carbons (Fsp3) is 0.635. The maximum absolute atomic E-state index is 16.4. The molecule has 41 nitrogen and oxygen atoms in total. The average molecular weight is 1790 g/mol. The molecule has 14 bridgehead atoms. The standard InChI is InChI=1S/C85H113NO40/c87-28-45-68-54(86-53(94)27-85(26-40-16-6-1-7-17-40)77(111-38-44-24-14-5-15-25-44)76(110-37-43-22-12-4-13-23-43)75(109-36-42-20-10-3-11-21-42)52(126-85)39-108-35-41-18-8-2-9-19-41)55(95)78(112-45)120-69-46(29-88)114-80(63(103)57(69)97)122-71-48(31-90)116-82(65(105)59(71)99)124-73-50(33-92)118-84(67(107)61(73)101)125-74-51(34-93)117-83(66(106)60(74)100)123-72-49(32-91)115-81(64(104)58(72)98)121-70-47(30-89)113-79(119-68)62(102)56(70)96/h1-25,45-52,54-84,87-93,95-107H,26-39H2,(H,86,94). The van der Waals surface area contributed by atoms with Gasteiger partial charge in [-0.15, -0.1) is 0 Å². The molecular formula is C85H113NO40. The largest absolute Gasteiger partial charge is 0.394 e. The molecule has 1 amide bonds. The number of carbonyl (C=O) groups excluding carboxylic acids is 1. The summed E-state index contributed by atoms with van der Waals surface area (Å²) in [6.45, 7) is -8.11. The average Bonchev–Trinajstić information content (AvgIpc) is 0.744. The second kappa shape index (κ2) is 44.0. The highest BCUT2D eigenvalue weighted by molar-refractivity contribution is 5.78. The molecular weight excluding hydrogens is 1670 g/mol. The van der Waals surface area contributed by atoms with Gasteiger partial charge in [-0.05, 0) is 27.8 Å². The molecule has 40 unspecified atom stereocenters. The Bertz CT molecular complexity index is 4070. The molecule has 698 valence electrons. The normalized spacial score (nSPS) is 42.5. The maximum atomic E-state index is 16.4. The molecule has 22 saturated heterocycles. The Labute approximate surface area is 721 Å². The van der Waals surface area contributed by atoms with Crippen molar-refractivity contribution in [2.24, 2.45) is 0 Å². The fourth-order valence-corrected chi connectivity index (χ4v) is 17.4. The van der Waals surface area contributed by atoms with Crippen molar-refractivity contribution < 1.29 is 197 Å². The van der Waals surface area contributed by atoms with Crippen LogP contribution in [0.2, 0.25) is 0 Å². The van der Waals surface area contributed by atoms with Gasteiger partial charge in [0.15, 0.2) is 44.0 Å². The van der Waals surface area contributed by atoms with E-state index in [9.17, 15) is 102 Å². The van der Waals surface area contributed by atoms with E-state index >= 15 is 4.79 Å². The molecule has 5 aromatic carbocycles. The highest BCUT2D eigenvalue weighted by Crippen LogP contribution is 2.45. The van der Waals surface area contributed by atoms with E-state index in [-0.39, 0.29) is 39.5 Å². The fourth-order valence-electron chi connectivity index (χ4n) is 17.4. The Morgan fingerprint density at radius 3 is 0.841 bits per heavy atom. The van der Waals surface area contributed by atoms with Crippen molar-refractivity contribution in [1.29, 1.82) is 0 Å². The summed E-state index contributed by atoms with van der Waals surface area (Å²) in [5, 5.41) is 235. The minimum atomic E-state index is -2.38. The highest BCUT2D eigenvalue weighted by Gasteiger charge is 2.63. The zero-order valence-corrected chi connectivity index (χ0v) is 68.0. The van der Waals surface area contributed by atoms with Crippen molar-refractivity contribution in [1.82, 2.24) is 5.32 Å². The predicted octanol–water partition coefficient (Wildman–Crippen LogP) is -7.36. The van der Waals surface area contributed by atoms with E-state index in [4.69, 9.17) is 90.0 Å². The van der Waals surface area contributed by atoms with E-state index in [0.717, 1.165) is 16.7 Å². The van der Waals surface area contributed by atoms with E-state index in [0.29, 0.717) is 11.1 Å². The zero-order valence-electron chi connectivity index (χ0n) is 68.0. The number of aliphatic hydroxyl groups excluding tert-OH is 20. The van der Waals surface area contributed by atoms with Crippen LogP contribution in [-0.2, 0) is 128 Å². The Kier molecular flexibility index (Phi) is 33.6. The third-order valence-corrected chi connectivity index (χ3v) is 24.1. The molecule has 22 aliphatic rings. The first-order valence-electron chi connectivity index (χ1n) is 41.8. The van der Waals surface area contributed by atoms with Gasteiger partial charge in [-0.1, -0.05) is 152 Å². The van der Waals surface area contributed by atoms with Crippen LogP contribution in [0.4, 0.5) is 0 Å². The summed E-state index contributed by atoms with van der Waals surface area (Å²) < 4.78 is 120. The van der Waals surface area contributed by atoms with Gasteiger partial charge >= 0.3 is 0 Å². The second-order valence-corrected chi connectivity index (χ2v) is 32.6. The maximum Gasteiger partial charge on any atom is 0.223 e. The number of ether oxygens (including phenoxy) is 19. The van der Waals surface area contributed by atoms with Crippen LogP contribution < -0.4 is 5.32 Å². The van der Waals surface area contributed by atoms with Crippen LogP contribution in [0.1, 0.15) is 34.2 Å². The van der Waals surface area contributed by atoms with E-state index in [1.165, 1.54) is 0 Å². The van der Waals surface area contributed by atoms with E-state index in [1.807, 2.05) is 121 Å². The lowest BCUT2D eigenvalue weighted by molar-refractivity contribution is -0.396. The first-order valence-corrected chi connectivity index (χ1v) is 41.8. The molecule has 22 fully saturated rings. The summed E-state index contributed by atoms with van der Waals surface area (Å²) in [6.07, 6.45) is -77.3. The Morgan fingerprint density at radius 2 is 0.540 bits per heavy atom. The highest BCUT2D eigenvalue weighted by atomic mass is 16.8. The van der Waals surface area contributed by atoms with Gasteiger partial charge in [-0.2, -0.15) is 0 Å². The molecule has 21 N–H and O–H groups in total. The minimum absolute atomic E-state index is 0.0108. The van der Waals surface area contributed by atoms with Crippen LogP contribution in [0, 0.1) is 0 Å². The van der Waals surface area contributed by atoms with E-state index in [1.54, 1.807) is 30.3 Å². The number of hydrogen-bond donors (Lipinski definition) is 21. The summed E-state index contributed by atoms with van der Waals surface area (Å²) in [5.74, 6) is -1.01. The lowest BCUT2D eigenvalue weighted by Crippen LogP contribution is -2.71. The van der Waals surface area contributed by atoms with Gasteiger partial charge in [0, 0.05) is 6.42 Å². The van der Waals surface area contributed by atoms with Crippen LogP contribution >= 0.6 is 0 Å². The molecule has 41 heteroatoms. The summed E-state index contributed by atoms with van der Waals surface area (Å²) in [4.78, 5) is 16.4. The molecule has 0 aliphatic carbocycles. The Hall–Kier alpha value is -5.99. The minimum Gasteiger partial charge on any atom is -0.394 e. The van der Waals surface area contributed by atoms with Gasteiger partial charge in [0.25, 0.3) is 0 Å². The van der Waals surface area contributed by atoms with Gasteiger partial charge in [-0.3, -0.25) is 4.79 Å². The predicted molar refractivity (Wildman–Crippen MR) is 418 cm³/mol. The SMILES string of the molecule is O=C(CC1(Cc2ccccc2)OC(COCc2ccccc2)C(OCc2ccccc2)C(OCc2ccccc2)C1OCc1ccccc1)NC1C(O)C2OC(CO)C1OC1OC(CO)C(OC3OC(CO)C(OC4OC(CO)C(OC5OC(CO)C(OC6OC(CO)C(OC7OC(CO)C(O2)C(O)C7O)C(O)C6O)C(O)C5O)C(O)C4O)C(O)C3O)C(O)C1O. The van der Waals surface area contributed by atoms with Gasteiger partial charge in [-0.25, -0.2) is 0 Å². The molecule has 40 atom stereocenters. The van der Waals surface area contributed by atoms with Gasteiger partial charge < -0.3 is 197 Å². The number of carbonyl (C=O) groups is 1. The number of aliphatic hydroxyl groups is 20. The molecule has 22 aliphatic heterocycles. The van der Waals surface area contributed by atoms with Crippen molar-refractivity contribution in [2.45, 2.75) is 284 Å². The van der Waals surface area contributed by atoms with Crippen molar-refractivity contribution >= 4 is 5.91 Å². The topological polar surface area (TPSA) is 609 Å². The quantitative estimate of drug-likeness (QED) is 0.0258. The molecule has 22 heterocycles. The van der Waals surface area contributed by atoms with Crippen molar-refractivity contribution in [3.8, 4) is 0 Å². The molecule has 0 spiro atoms. The number of amides is 1. The molecule has 27 rings (SSSR count). The third-order valence-electron chi connectivity index (χ3n) is 24.1. The van der Waals surface area contributed by atoms with Crippen LogP contribution in [0.3, 0.4) is 0 Å². The molecule has 0 radical (unpaired) electrons. The first kappa shape index (κ1) is 96.1. The van der Waals surface area contributed by atoms with Gasteiger partial charge in [0.1, 0.15) is 195 Å². The van der Waals surface area contributed by atoms with E-state index in [2.05, 4.69) is 5.32 Å². The third kappa shape index (κ3) is 21.5. The van der Waals surface area contributed by atoms with Crippen LogP contribution in [0.15, 0.2) is 152 Å². The Balaban J connectivity index is 0.826. The number of hydrogen-bond acceptors (Lipinski definition) is 40. The Morgan fingerprint density at radius 1 is 0.286 bits per heavy atom. The van der Waals surface area contributed by atoms with Crippen LogP contribution in [0.5, 0.6) is 0 Å². The molecule has 0 aromatic heterocycles. The first-order chi connectivity index (χ1) is 60.9. The van der Waals surface area contributed by atoms with Crippen LogP contribution in [0.25, 0.3) is 0 Å². The van der Waals surface area contributed by atoms with Crippen molar-refractivity contribution in [2.75, 3.05) is 52.9 Å². The molecule has 126 heavy (non-hydrogen) atoms. The summed E-state index contributed by atoms with van der Waals surface area (Å²) in [7, 11) is 0. The number of rotatable bonds is 25. The van der Waals surface area contributed by atoms with Crippen molar-refractivity contribution in [3.63, 3.8) is 0 Å². The summed E-state index contributed by atoms with van der Waals surface area (Å²) in [5.41, 5.74) is 1.65. The molecule has 5 aromatic rings. The van der Waals surface area contributed by atoms with Gasteiger partial charge in [0.2, 0.25) is 5.91 Å². The lowest BCUT2D eigenvalue weighted by Gasteiger charge is -2.53. The van der Waals surface area contributed by atoms with E-state index < -0.39 is 303 Å². The smallest absolute Gasteiger partial charge is 0.223 e. The summed E-state index contributed by atoms with van der Waals surface area (Å²) >= 11 is 0. The van der Waals surface area contributed by atoms with Crippen LogP contribution in [-0.4, -0.2) is 406 Å². The number of benzene rings is 5. The van der Waals surface area contributed by atoms with Gasteiger partial charge in [0.05, 0.1) is 91.7 Å². The summed E-state index contributed by atoms with van der Waals surface area (Å²) in [6, 6.07) is 43.8. The van der Waals surface area contributed by atoms with Crippen molar-refractivity contribution in [3.05, 3.63) is 179 Å². The monoisotopic (exact) mass is 1790 g/mol.